The molecule has 1 aliphatic rings. The van der Waals surface area contributed by atoms with E-state index < -0.39 is 15.8 Å². The van der Waals surface area contributed by atoms with Gasteiger partial charge in [-0.1, -0.05) is 36.4 Å². The lowest BCUT2D eigenvalue weighted by Gasteiger charge is -2.33. The quantitative estimate of drug-likeness (QED) is 0.809. The molecule has 1 saturated heterocycles. The number of piperazine rings is 1. The van der Waals surface area contributed by atoms with Crippen LogP contribution in [0.15, 0.2) is 53.9 Å². The van der Waals surface area contributed by atoms with E-state index in [4.69, 9.17) is 0 Å². The van der Waals surface area contributed by atoms with Crippen molar-refractivity contribution in [2.45, 2.75) is 6.92 Å². The number of rotatable bonds is 4. The first-order chi connectivity index (χ1) is 12.9. The van der Waals surface area contributed by atoms with E-state index in [9.17, 15) is 17.6 Å². The Kier molecular flexibility index (Phi) is 5.72. The number of carbonyl (C=O) groups excluding carboxylic acids is 1. The molecule has 0 N–H and O–H groups in total. The van der Waals surface area contributed by atoms with Gasteiger partial charge in [0.25, 0.3) is 5.91 Å². The Hall–Kier alpha value is -2.51. The summed E-state index contributed by atoms with van der Waals surface area (Å²) in [6.45, 7) is 2.60. The van der Waals surface area contributed by atoms with Crippen LogP contribution in [0.1, 0.15) is 21.5 Å². The third kappa shape index (κ3) is 4.61. The van der Waals surface area contributed by atoms with Crippen molar-refractivity contribution in [1.29, 1.82) is 0 Å². The SMILES string of the molecule is Cc1ccc(C(=O)N2CCN(S(=O)(=O)/C=C/c3ccccc3)CC2)cc1F. The Morgan fingerprint density at radius 3 is 2.33 bits per heavy atom. The van der Waals surface area contributed by atoms with Gasteiger partial charge in [-0.15, -0.1) is 0 Å². The zero-order valence-electron chi connectivity index (χ0n) is 15.0. The van der Waals surface area contributed by atoms with Gasteiger partial charge in [0.05, 0.1) is 0 Å². The Labute approximate surface area is 158 Å². The van der Waals surface area contributed by atoms with Crippen molar-refractivity contribution in [3.05, 3.63) is 76.4 Å². The maximum atomic E-state index is 13.7. The van der Waals surface area contributed by atoms with E-state index in [2.05, 4.69) is 0 Å². The van der Waals surface area contributed by atoms with Crippen LogP contribution in [0.25, 0.3) is 6.08 Å². The summed E-state index contributed by atoms with van der Waals surface area (Å²) in [4.78, 5) is 14.1. The van der Waals surface area contributed by atoms with E-state index in [0.29, 0.717) is 5.56 Å². The van der Waals surface area contributed by atoms with Crippen molar-refractivity contribution in [3.8, 4) is 0 Å². The summed E-state index contributed by atoms with van der Waals surface area (Å²) in [5.41, 5.74) is 1.56. The van der Waals surface area contributed by atoms with E-state index in [1.165, 1.54) is 15.8 Å². The first-order valence-electron chi connectivity index (χ1n) is 8.65. The van der Waals surface area contributed by atoms with Crippen LogP contribution in [0, 0.1) is 12.7 Å². The van der Waals surface area contributed by atoms with Crippen LogP contribution in [-0.2, 0) is 10.0 Å². The van der Waals surface area contributed by atoms with Crippen LogP contribution >= 0.6 is 0 Å². The smallest absolute Gasteiger partial charge is 0.254 e. The molecular weight excluding hydrogens is 367 g/mol. The molecule has 1 fully saturated rings. The average Bonchev–Trinajstić information content (AvgIpc) is 2.69. The molecule has 142 valence electrons. The van der Waals surface area contributed by atoms with Crippen LogP contribution < -0.4 is 0 Å². The summed E-state index contributed by atoms with van der Waals surface area (Å²) in [5.74, 6) is -0.709. The fourth-order valence-corrected chi connectivity index (χ4v) is 4.04. The lowest BCUT2D eigenvalue weighted by atomic mass is 10.1. The predicted molar refractivity (Wildman–Crippen MR) is 103 cm³/mol. The van der Waals surface area contributed by atoms with Crippen molar-refractivity contribution < 1.29 is 17.6 Å². The summed E-state index contributed by atoms with van der Waals surface area (Å²) in [6.07, 6.45) is 1.56. The third-order valence-electron chi connectivity index (χ3n) is 4.54. The Bertz CT molecular complexity index is 950. The summed E-state index contributed by atoms with van der Waals surface area (Å²) in [6, 6.07) is 13.6. The zero-order chi connectivity index (χ0) is 19.4. The molecule has 1 aliphatic heterocycles. The molecule has 0 radical (unpaired) electrons. The van der Waals surface area contributed by atoms with Gasteiger partial charge in [-0.05, 0) is 36.3 Å². The van der Waals surface area contributed by atoms with Gasteiger partial charge in [-0.3, -0.25) is 4.79 Å². The molecule has 0 aliphatic carbocycles. The van der Waals surface area contributed by atoms with Crippen molar-refractivity contribution in [2.24, 2.45) is 0 Å². The van der Waals surface area contributed by atoms with Gasteiger partial charge in [0, 0.05) is 37.2 Å². The van der Waals surface area contributed by atoms with Crippen molar-refractivity contribution >= 4 is 22.0 Å². The van der Waals surface area contributed by atoms with Gasteiger partial charge in [0.2, 0.25) is 10.0 Å². The number of amides is 1. The molecule has 0 aromatic heterocycles. The molecule has 2 aromatic rings. The predicted octanol–water partition coefficient (Wildman–Crippen LogP) is 2.89. The van der Waals surface area contributed by atoms with Gasteiger partial charge >= 0.3 is 0 Å². The Morgan fingerprint density at radius 1 is 1.04 bits per heavy atom. The molecule has 0 atom stereocenters. The lowest BCUT2D eigenvalue weighted by molar-refractivity contribution is 0.0698. The first-order valence-corrected chi connectivity index (χ1v) is 10.2. The topological polar surface area (TPSA) is 57.7 Å². The molecule has 7 heteroatoms. The van der Waals surface area contributed by atoms with Gasteiger partial charge in [0.15, 0.2) is 0 Å². The number of halogens is 1. The van der Waals surface area contributed by atoms with Crippen LogP contribution in [0.5, 0.6) is 0 Å². The molecule has 2 aromatic carbocycles. The minimum Gasteiger partial charge on any atom is -0.336 e. The fourth-order valence-electron chi connectivity index (χ4n) is 2.87. The van der Waals surface area contributed by atoms with E-state index in [0.717, 1.165) is 5.56 Å². The standard InChI is InChI=1S/C20H21FN2O3S/c1-16-7-8-18(15-19(16)21)20(24)22-10-12-23(13-11-22)27(25,26)14-9-17-5-3-2-4-6-17/h2-9,14-15H,10-13H2,1H3/b14-9+. The third-order valence-corrected chi connectivity index (χ3v) is 6.10. The molecule has 0 spiro atoms. The zero-order valence-corrected chi connectivity index (χ0v) is 15.8. The summed E-state index contributed by atoms with van der Waals surface area (Å²) in [5, 5.41) is 1.19. The second-order valence-electron chi connectivity index (χ2n) is 6.41. The normalized spacial score (nSPS) is 16.0. The molecule has 0 unspecified atom stereocenters. The second-order valence-corrected chi connectivity index (χ2v) is 8.23. The highest BCUT2D eigenvalue weighted by Crippen LogP contribution is 2.15. The number of benzene rings is 2. The first kappa shape index (κ1) is 19.3. The van der Waals surface area contributed by atoms with Gasteiger partial charge in [0.1, 0.15) is 5.82 Å². The van der Waals surface area contributed by atoms with Crippen molar-refractivity contribution in [2.75, 3.05) is 26.2 Å². The van der Waals surface area contributed by atoms with Crippen LogP contribution in [0.3, 0.4) is 0 Å². The fraction of sp³-hybridized carbons (Fsp3) is 0.250. The highest BCUT2D eigenvalue weighted by molar-refractivity contribution is 7.92. The van der Waals surface area contributed by atoms with Gasteiger partial charge < -0.3 is 4.90 Å². The van der Waals surface area contributed by atoms with Gasteiger partial charge in [-0.25, -0.2) is 12.8 Å². The average molecular weight is 388 g/mol. The number of nitrogens with zero attached hydrogens (tertiary/aromatic N) is 2. The molecule has 27 heavy (non-hydrogen) atoms. The lowest BCUT2D eigenvalue weighted by Crippen LogP contribution is -2.50. The molecule has 1 heterocycles. The Balaban J connectivity index is 1.63. The van der Waals surface area contributed by atoms with Gasteiger partial charge in [-0.2, -0.15) is 4.31 Å². The highest BCUT2D eigenvalue weighted by atomic mass is 32.2. The Morgan fingerprint density at radius 2 is 1.70 bits per heavy atom. The summed E-state index contributed by atoms with van der Waals surface area (Å²) < 4.78 is 40.0. The number of hydrogen-bond acceptors (Lipinski definition) is 3. The molecule has 0 bridgehead atoms. The highest BCUT2D eigenvalue weighted by Gasteiger charge is 2.28. The minimum atomic E-state index is -3.55. The van der Waals surface area contributed by atoms with Crippen molar-refractivity contribution in [3.63, 3.8) is 0 Å². The number of hydrogen-bond donors (Lipinski definition) is 0. The molecule has 1 amide bonds. The minimum absolute atomic E-state index is 0.210. The summed E-state index contributed by atoms with van der Waals surface area (Å²) >= 11 is 0. The maximum absolute atomic E-state index is 13.7. The second kappa shape index (κ2) is 8.02. The van der Waals surface area contributed by atoms with Crippen LogP contribution in [0.2, 0.25) is 0 Å². The molecular formula is C20H21FN2O3S. The number of sulfonamides is 1. The van der Waals surface area contributed by atoms with Crippen molar-refractivity contribution in [1.82, 2.24) is 9.21 Å². The molecule has 5 nitrogen and oxygen atoms in total. The molecule has 3 rings (SSSR count). The molecule has 0 saturated carbocycles. The maximum Gasteiger partial charge on any atom is 0.254 e. The van der Waals surface area contributed by atoms with E-state index in [1.807, 2.05) is 30.3 Å². The van der Waals surface area contributed by atoms with Crippen LogP contribution in [-0.4, -0.2) is 49.7 Å². The van der Waals surface area contributed by atoms with Crippen LogP contribution in [0.4, 0.5) is 4.39 Å². The largest absolute Gasteiger partial charge is 0.336 e. The van der Waals surface area contributed by atoms with E-state index in [-0.39, 0.29) is 37.6 Å². The monoisotopic (exact) mass is 388 g/mol. The number of aryl methyl sites for hydroxylation is 1. The number of carbonyl (C=O) groups is 1. The summed E-state index contributed by atoms with van der Waals surface area (Å²) in [7, 11) is -3.55. The van der Waals surface area contributed by atoms with E-state index >= 15 is 0 Å². The van der Waals surface area contributed by atoms with E-state index in [1.54, 1.807) is 30.0 Å².